The number of esters is 3. The quantitative estimate of drug-likeness (QED) is 0.0288. The van der Waals surface area contributed by atoms with E-state index in [1.165, 1.54) is 0 Å². The molecular weight excluding hydrogens is 1010 g/mol. The highest BCUT2D eigenvalue weighted by atomic mass is 16.6. The maximum atomic E-state index is 14.9. The van der Waals surface area contributed by atoms with Gasteiger partial charge >= 0.3 is 17.9 Å². The summed E-state index contributed by atoms with van der Waals surface area (Å²) < 4.78 is 18.5. The van der Waals surface area contributed by atoms with Gasteiger partial charge in [-0.05, 0) is 50.9 Å². The van der Waals surface area contributed by atoms with Crippen molar-refractivity contribution in [2.45, 2.75) is 12.8 Å². The van der Waals surface area contributed by atoms with E-state index in [4.69, 9.17) is 14.2 Å². The first kappa shape index (κ1) is 56.0. The third kappa shape index (κ3) is 13.8. The number of Topliss-reactive ketones (excluding diaryl/α,β-unsaturated/α-hetero) is 1. The molecule has 0 spiro atoms. The summed E-state index contributed by atoms with van der Waals surface area (Å²) >= 11 is 0. The lowest BCUT2D eigenvalue weighted by Crippen LogP contribution is -2.40. The maximum absolute atomic E-state index is 14.9. The Morgan fingerprint density at radius 1 is 0.296 bits per heavy atom. The summed E-state index contributed by atoms with van der Waals surface area (Å²) in [4.78, 5) is 59.2. The summed E-state index contributed by atoms with van der Waals surface area (Å²) in [6.45, 7) is -2.32. The van der Waals surface area contributed by atoms with Crippen molar-refractivity contribution in [3.8, 4) is 24.3 Å². The predicted molar refractivity (Wildman–Crippen MR) is 308 cm³/mol. The summed E-state index contributed by atoms with van der Waals surface area (Å²) in [5.74, 6) is -3.99. The highest BCUT2D eigenvalue weighted by Crippen LogP contribution is 2.36. The predicted octanol–water partition coefficient (Wildman–Crippen LogP) is 13.1. The van der Waals surface area contributed by atoms with Crippen molar-refractivity contribution in [1.82, 2.24) is 0 Å². The number of hydrogen-bond acceptors (Lipinski definition) is 11. The van der Waals surface area contributed by atoms with Crippen molar-refractivity contribution in [3.05, 3.63) is 309 Å². The maximum Gasteiger partial charge on any atom is 0.349 e. The molecule has 81 heavy (non-hydrogen) atoms. The van der Waals surface area contributed by atoms with Gasteiger partial charge in [0.05, 0.1) is 5.41 Å². The molecule has 0 amide bonds. The van der Waals surface area contributed by atoms with Gasteiger partial charge in [-0.2, -0.15) is 21.0 Å². The lowest BCUT2D eigenvalue weighted by molar-refractivity contribution is -0.157. The summed E-state index contributed by atoms with van der Waals surface area (Å²) in [6, 6.07) is 78.7. The minimum absolute atomic E-state index is 0.215. The molecule has 0 aliphatic heterocycles. The number of carbonyl (C=O) groups is 4. The van der Waals surface area contributed by atoms with E-state index >= 15 is 0 Å². The van der Waals surface area contributed by atoms with Gasteiger partial charge in [0.2, 0.25) is 0 Å². The lowest BCUT2D eigenvalue weighted by atomic mass is 9.82. The molecule has 0 heterocycles. The van der Waals surface area contributed by atoms with Crippen molar-refractivity contribution in [3.63, 3.8) is 0 Å². The minimum Gasteiger partial charge on any atom is -0.461 e. The number of benzene rings is 8. The van der Waals surface area contributed by atoms with Crippen LogP contribution in [0.3, 0.4) is 0 Å². The number of ether oxygens (including phenoxy) is 3. The molecule has 0 unspecified atom stereocenters. The van der Waals surface area contributed by atoms with Crippen LogP contribution in [0.1, 0.15) is 57.3 Å². The zero-order valence-corrected chi connectivity index (χ0v) is 43.8. The molecule has 8 aromatic carbocycles. The Labute approximate surface area is 470 Å². The molecular formula is C70H50N4O7. The molecule has 0 saturated carbocycles. The molecule has 0 radical (unpaired) electrons. The van der Waals surface area contributed by atoms with Crippen LogP contribution >= 0.6 is 0 Å². The number of hydrogen-bond donors (Lipinski definition) is 0. The number of nitrogens with zero attached hydrogens (tertiary/aromatic N) is 4. The molecule has 0 aliphatic carbocycles. The van der Waals surface area contributed by atoms with Crippen molar-refractivity contribution >= 4 is 46.0 Å². The van der Waals surface area contributed by atoms with Crippen LogP contribution in [0.15, 0.2) is 265 Å². The van der Waals surface area contributed by atoms with E-state index in [1.807, 2.05) is 18.2 Å². The Hall–Kier alpha value is -11.2. The first-order valence-corrected chi connectivity index (χ1v) is 25.7. The molecule has 8 rings (SSSR count). The molecule has 392 valence electrons. The van der Waals surface area contributed by atoms with Crippen molar-refractivity contribution < 1.29 is 33.4 Å². The van der Waals surface area contributed by atoms with E-state index in [2.05, 4.69) is 6.07 Å². The van der Waals surface area contributed by atoms with Gasteiger partial charge in [0, 0.05) is 28.7 Å². The molecule has 8 aromatic rings. The summed E-state index contributed by atoms with van der Waals surface area (Å²) in [7, 11) is 0. The van der Waals surface area contributed by atoms with E-state index in [9.17, 15) is 40.2 Å². The molecule has 0 saturated heterocycles. The Morgan fingerprint density at radius 3 is 0.667 bits per heavy atom. The molecule has 11 heteroatoms. The second kappa shape index (κ2) is 27.7. The zero-order valence-electron chi connectivity index (χ0n) is 43.8. The van der Waals surface area contributed by atoms with Crippen LogP contribution in [0.4, 0.5) is 0 Å². The topological polar surface area (TPSA) is 191 Å². The number of ketones is 1. The SMILES string of the molecule is N#CC(C(=O)CCC(COC(=O)C(C#N)=C(c1ccccc1)c1ccccc1)(COC(=O)C(C#N)=C(c1ccccc1)c1ccccc1)COC(=O)C(C#N)=C(c1ccccc1)c1ccccc1)=C(c1ccccc1)c1ccccc1. The highest BCUT2D eigenvalue weighted by Gasteiger charge is 2.39. The second-order valence-electron chi connectivity index (χ2n) is 18.5. The van der Waals surface area contributed by atoms with Crippen molar-refractivity contribution in [1.29, 1.82) is 21.0 Å². The summed E-state index contributed by atoms with van der Waals surface area (Å²) in [5.41, 5.74) is 2.05. The normalized spacial score (nSPS) is 10.4. The number of rotatable bonds is 21. The molecule has 11 nitrogen and oxygen atoms in total. The van der Waals surface area contributed by atoms with Gasteiger partial charge in [-0.25, -0.2) is 14.4 Å². The van der Waals surface area contributed by atoms with Crippen LogP contribution in [0.5, 0.6) is 0 Å². The van der Waals surface area contributed by atoms with E-state index in [0.29, 0.717) is 50.1 Å². The monoisotopic (exact) mass is 1060 g/mol. The molecule has 0 atom stereocenters. The van der Waals surface area contributed by atoms with E-state index in [1.54, 1.807) is 243 Å². The first-order valence-electron chi connectivity index (χ1n) is 25.7. The van der Waals surface area contributed by atoms with E-state index < -0.39 is 78.5 Å². The molecule has 0 bridgehead atoms. The van der Waals surface area contributed by atoms with Gasteiger partial charge in [0.15, 0.2) is 5.78 Å². The van der Waals surface area contributed by atoms with Crippen LogP contribution in [-0.2, 0) is 33.4 Å². The van der Waals surface area contributed by atoms with Crippen molar-refractivity contribution in [2.24, 2.45) is 5.41 Å². The van der Waals surface area contributed by atoms with Gasteiger partial charge < -0.3 is 14.2 Å². The third-order valence-corrected chi connectivity index (χ3v) is 13.2. The van der Waals surface area contributed by atoms with Crippen LogP contribution < -0.4 is 0 Å². The van der Waals surface area contributed by atoms with Gasteiger partial charge in [0.1, 0.15) is 66.4 Å². The number of allylic oxidation sites excluding steroid dienone is 1. The van der Waals surface area contributed by atoms with Crippen LogP contribution in [0.2, 0.25) is 0 Å². The fourth-order valence-electron chi connectivity index (χ4n) is 9.25. The molecule has 0 N–H and O–H groups in total. The Bertz CT molecular complexity index is 3160. The zero-order chi connectivity index (χ0) is 56.8. The fourth-order valence-corrected chi connectivity index (χ4v) is 9.25. The van der Waals surface area contributed by atoms with Crippen LogP contribution in [0.25, 0.3) is 22.3 Å². The molecule has 0 aromatic heterocycles. The highest BCUT2D eigenvalue weighted by molar-refractivity contribution is 6.10. The number of nitriles is 4. The average Bonchev–Trinajstić information content (AvgIpc) is 3.55. The Kier molecular flexibility index (Phi) is 19.1. The second-order valence-corrected chi connectivity index (χ2v) is 18.5. The van der Waals surface area contributed by atoms with E-state index in [0.717, 1.165) is 0 Å². The van der Waals surface area contributed by atoms with Gasteiger partial charge in [0.25, 0.3) is 0 Å². The molecule has 0 fully saturated rings. The first-order chi connectivity index (χ1) is 39.7. The van der Waals surface area contributed by atoms with E-state index in [-0.39, 0.29) is 22.3 Å². The van der Waals surface area contributed by atoms with Crippen LogP contribution in [0, 0.1) is 50.7 Å². The van der Waals surface area contributed by atoms with Crippen molar-refractivity contribution in [2.75, 3.05) is 19.8 Å². The summed E-state index contributed by atoms with van der Waals surface area (Å²) in [5, 5.41) is 43.4. The van der Waals surface area contributed by atoms with Crippen LogP contribution in [-0.4, -0.2) is 43.5 Å². The summed E-state index contributed by atoms with van der Waals surface area (Å²) in [6.07, 6.45) is -0.886. The third-order valence-electron chi connectivity index (χ3n) is 13.2. The smallest absolute Gasteiger partial charge is 0.349 e. The standard InChI is InChI=1S/C70H50N4O7/c71-43-58(63(50-25-9-1-10-26-50)51-27-11-2-12-28-51)62(75)41-42-70(47-79-67(76)59(44-72)64(52-29-13-3-14-30-52)53-31-15-4-16-32-53,48-80-68(77)60(45-73)65(54-33-17-5-18-34-54)55-35-19-6-20-36-55)49-81-69(78)61(46-74)66(56-37-21-7-22-38-56)57-39-23-8-24-40-57/h1-40H,41-42,47-49H2. The lowest BCUT2D eigenvalue weighted by Gasteiger charge is -2.32. The Morgan fingerprint density at radius 2 is 0.481 bits per heavy atom. The fraction of sp³-hybridized carbons (Fsp3) is 0.0857. The number of carbonyl (C=O) groups excluding carboxylic acids is 4. The van der Waals surface area contributed by atoms with Gasteiger partial charge in [-0.1, -0.05) is 243 Å². The minimum atomic E-state index is -1.91. The largest absolute Gasteiger partial charge is 0.461 e. The molecule has 0 aliphatic rings. The average molecular weight is 1060 g/mol. The van der Waals surface area contributed by atoms with Gasteiger partial charge in [-0.15, -0.1) is 0 Å². The Balaban J connectivity index is 1.28. The van der Waals surface area contributed by atoms with Gasteiger partial charge in [-0.3, -0.25) is 4.79 Å².